The second-order valence-corrected chi connectivity index (χ2v) is 3.01. The Balaban J connectivity index is 2.07. The quantitative estimate of drug-likeness (QED) is 0.527. The highest BCUT2D eigenvalue weighted by Crippen LogP contribution is 2.18. The van der Waals surface area contributed by atoms with E-state index in [0.29, 0.717) is 12.0 Å². The summed E-state index contributed by atoms with van der Waals surface area (Å²) in [6.45, 7) is 3.92. The molecule has 2 unspecified atom stereocenters. The number of hydrazone groups is 1. The van der Waals surface area contributed by atoms with E-state index in [4.69, 9.17) is 4.74 Å². The Morgan fingerprint density at radius 2 is 2.60 bits per heavy atom. The van der Waals surface area contributed by atoms with Crippen molar-refractivity contribution in [3.63, 3.8) is 0 Å². The molecule has 1 N–H and O–H groups in total. The van der Waals surface area contributed by atoms with Crippen molar-refractivity contribution in [3.05, 3.63) is 0 Å². The van der Waals surface area contributed by atoms with Gasteiger partial charge in [-0.1, -0.05) is 0 Å². The van der Waals surface area contributed by atoms with Crippen molar-refractivity contribution in [1.82, 2.24) is 5.43 Å². The number of nitrogens with one attached hydrogen (secondary N) is 1. The second kappa shape index (κ2) is 2.23. The molecule has 0 amide bonds. The van der Waals surface area contributed by atoms with Gasteiger partial charge in [0.2, 0.25) is 0 Å². The number of ether oxygens (including phenoxy) is 1. The largest absolute Gasteiger partial charge is 0.377 e. The van der Waals surface area contributed by atoms with Crippen LogP contribution in [0.2, 0.25) is 0 Å². The van der Waals surface area contributed by atoms with Gasteiger partial charge in [-0.25, -0.2) is 0 Å². The fourth-order valence-electron chi connectivity index (χ4n) is 1.47. The maximum absolute atomic E-state index is 5.47. The average Bonchev–Trinajstić information content (AvgIpc) is 2.33. The summed E-state index contributed by atoms with van der Waals surface area (Å²) >= 11 is 0. The number of hydrogen-bond donors (Lipinski definition) is 1. The molecule has 2 aliphatic heterocycles. The smallest absolute Gasteiger partial charge is 0.0600 e. The van der Waals surface area contributed by atoms with Gasteiger partial charge in [0.15, 0.2) is 0 Å². The first kappa shape index (κ1) is 6.16. The van der Waals surface area contributed by atoms with E-state index in [1.165, 1.54) is 5.71 Å². The van der Waals surface area contributed by atoms with E-state index in [-0.39, 0.29) is 0 Å². The third-order valence-corrected chi connectivity index (χ3v) is 2.11. The zero-order valence-corrected chi connectivity index (χ0v) is 6.13. The Hall–Kier alpha value is -0.570. The fourth-order valence-corrected chi connectivity index (χ4v) is 1.47. The molecule has 0 aliphatic carbocycles. The molecule has 1 saturated heterocycles. The van der Waals surface area contributed by atoms with Crippen molar-refractivity contribution >= 4 is 5.71 Å². The third-order valence-electron chi connectivity index (χ3n) is 2.11. The molecule has 0 aromatic rings. The zero-order chi connectivity index (χ0) is 6.97. The highest BCUT2D eigenvalue weighted by atomic mass is 16.5. The summed E-state index contributed by atoms with van der Waals surface area (Å²) < 4.78 is 5.47. The van der Waals surface area contributed by atoms with E-state index >= 15 is 0 Å². The SMILES string of the molecule is CC1CC2=NNCC2CO1. The monoisotopic (exact) mass is 140 g/mol. The highest BCUT2D eigenvalue weighted by molar-refractivity contribution is 5.89. The number of rotatable bonds is 0. The lowest BCUT2D eigenvalue weighted by atomic mass is 9.98. The van der Waals surface area contributed by atoms with Crippen LogP contribution in [0.25, 0.3) is 0 Å². The normalized spacial score (nSPS) is 38.3. The molecule has 0 aromatic carbocycles. The van der Waals surface area contributed by atoms with Crippen LogP contribution in [0.4, 0.5) is 0 Å². The van der Waals surface area contributed by atoms with Crippen LogP contribution in [0.5, 0.6) is 0 Å². The summed E-state index contributed by atoms with van der Waals surface area (Å²) in [6.07, 6.45) is 1.38. The Labute approximate surface area is 60.4 Å². The fraction of sp³-hybridized carbons (Fsp3) is 0.857. The molecule has 2 atom stereocenters. The van der Waals surface area contributed by atoms with Gasteiger partial charge < -0.3 is 10.2 Å². The van der Waals surface area contributed by atoms with E-state index in [1.807, 2.05) is 0 Å². The van der Waals surface area contributed by atoms with Crippen LogP contribution in [0.3, 0.4) is 0 Å². The lowest BCUT2D eigenvalue weighted by Crippen LogP contribution is -2.32. The first-order valence-corrected chi connectivity index (χ1v) is 3.77. The van der Waals surface area contributed by atoms with Gasteiger partial charge in [-0.05, 0) is 6.92 Å². The maximum Gasteiger partial charge on any atom is 0.0600 e. The molecule has 2 heterocycles. The first-order chi connectivity index (χ1) is 4.86. The second-order valence-electron chi connectivity index (χ2n) is 3.01. The van der Waals surface area contributed by atoms with Crippen molar-refractivity contribution in [2.75, 3.05) is 13.2 Å². The van der Waals surface area contributed by atoms with Gasteiger partial charge in [0.25, 0.3) is 0 Å². The number of nitrogens with zero attached hydrogens (tertiary/aromatic N) is 1. The minimum absolute atomic E-state index is 0.370. The van der Waals surface area contributed by atoms with Crippen molar-refractivity contribution in [3.8, 4) is 0 Å². The van der Waals surface area contributed by atoms with Gasteiger partial charge in [0.05, 0.1) is 12.7 Å². The van der Waals surface area contributed by atoms with Crippen molar-refractivity contribution in [2.45, 2.75) is 19.4 Å². The maximum atomic E-state index is 5.47. The highest BCUT2D eigenvalue weighted by Gasteiger charge is 2.27. The van der Waals surface area contributed by atoms with E-state index in [0.717, 1.165) is 19.6 Å². The number of hydrogen-bond acceptors (Lipinski definition) is 3. The summed E-state index contributed by atoms with van der Waals surface area (Å²) in [5.41, 5.74) is 4.30. The Morgan fingerprint density at radius 1 is 1.70 bits per heavy atom. The molecule has 1 fully saturated rings. The molecule has 0 spiro atoms. The van der Waals surface area contributed by atoms with Gasteiger partial charge in [0.1, 0.15) is 0 Å². The van der Waals surface area contributed by atoms with Gasteiger partial charge in [-0.3, -0.25) is 0 Å². The van der Waals surface area contributed by atoms with E-state index in [2.05, 4.69) is 17.5 Å². The van der Waals surface area contributed by atoms with Crippen LogP contribution in [-0.2, 0) is 4.74 Å². The summed E-state index contributed by atoms with van der Waals surface area (Å²) in [5.74, 6) is 0.566. The molecule has 0 saturated carbocycles. The predicted molar refractivity (Wildman–Crippen MR) is 39.0 cm³/mol. The Kier molecular flexibility index (Phi) is 1.38. The molecule has 10 heavy (non-hydrogen) atoms. The average molecular weight is 140 g/mol. The van der Waals surface area contributed by atoms with Gasteiger partial charge >= 0.3 is 0 Å². The molecule has 0 radical (unpaired) electrons. The molecule has 3 nitrogen and oxygen atoms in total. The summed E-state index contributed by atoms with van der Waals surface area (Å²) in [6, 6.07) is 0. The third kappa shape index (κ3) is 0.904. The first-order valence-electron chi connectivity index (χ1n) is 3.77. The van der Waals surface area contributed by atoms with Crippen molar-refractivity contribution in [1.29, 1.82) is 0 Å². The Bertz CT molecular complexity index is 167. The van der Waals surface area contributed by atoms with Crippen LogP contribution in [0, 0.1) is 5.92 Å². The molecule has 0 aromatic heterocycles. The van der Waals surface area contributed by atoms with E-state index in [1.54, 1.807) is 0 Å². The molecular formula is C7H12N2O. The van der Waals surface area contributed by atoms with Crippen LogP contribution in [0.1, 0.15) is 13.3 Å². The van der Waals surface area contributed by atoms with Crippen LogP contribution >= 0.6 is 0 Å². The van der Waals surface area contributed by atoms with Crippen molar-refractivity contribution < 1.29 is 4.74 Å². The van der Waals surface area contributed by atoms with E-state index < -0.39 is 0 Å². The summed E-state index contributed by atoms with van der Waals surface area (Å²) in [5, 5.41) is 4.19. The summed E-state index contributed by atoms with van der Waals surface area (Å²) in [7, 11) is 0. The van der Waals surface area contributed by atoms with Gasteiger partial charge in [-0.2, -0.15) is 5.10 Å². The standard InChI is InChI=1S/C7H12N2O/c1-5-2-7-6(4-10-5)3-8-9-7/h5-6,8H,2-4H2,1H3. The molecule has 56 valence electrons. The minimum Gasteiger partial charge on any atom is -0.377 e. The zero-order valence-electron chi connectivity index (χ0n) is 6.13. The topological polar surface area (TPSA) is 33.6 Å². The van der Waals surface area contributed by atoms with E-state index in [9.17, 15) is 0 Å². The molecule has 2 rings (SSSR count). The molecular weight excluding hydrogens is 128 g/mol. The lowest BCUT2D eigenvalue weighted by Gasteiger charge is -2.23. The molecule has 0 bridgehead atoms. The number of fused-ring (bicyclic) bond motifs is 1. The van der Waals surface area contributed by atoms with Crippen LogP contribution in [-0.4, -0.2) is 25.0 Å². The van der Waals surface area contributed by atoms with Crippen LogP contribution in [0.15, 0.2) is 5.10 Å². The Morgan fingerprint density at radius 3 is 3.50 bits per heavy atom. The lowest BCUT2D eigenvalue weighted by molar-refractivity contribution is 0.0439. The predicted octanol–water partition coefficient (Wildman–Crippen LogP) is 0.371. The van der Waals surface area contributed by atoms with Gasteiger partial charge in [-0.15, -0.1) is 0 Å². The molecule has 2 aliphatic rings. The summed E-state index contributed by atoms with van der Waals surface area (Å²) in [4.78, 5) is 0. The van der Waals surface area contributed by atoms with Crippen molar-refractivity contribution in [2.24, 2.45) is 11.0 Å². The van der Waals surface area contributed by atoms with Crippen LogP contribution < -0.4 is 5.43 Å². The van der Waals surface area contributed by atoms with Gasteiger partial charge in [0, 0.05) is 24.6 Å². The molecule has 3 heteroatoms. The minimum atomic E-state index is 0.370.